The highest BCUT2D eigenvalue weighted by atomic mass is 19.1. The van der Waals surface area contributed by atoms with E-state index in [0.717, 1.165) is 18.4 Å². The van der Waals surface area contributed by atoms with Crippen molar-refractivity contribution in [2.24, 2.45) is 0 Å². The van der Waals surface area contributed by atoms with Crippen molar-refractivity contribution in [3.05, 3.63) is 66.9 Å². The van der Waals surface area contributed by atoms with Crippen molar-refractivity contribution in [3.63, 3.8) is 0 Å². The van der Waals surface area contributed by atoms with Gasteiger partial charge >= 0.3 is 0 Å². The summed E-state index contributed by atoms with van der Waals surface area (Å²) in [5.74, 6) is 0.00424. The fourth-order valence-corrected chi connectivity index (χ4v) is 4.24. The van der Waals surface area contributed by atoms with Gasteiger partial charge in [-0.1, -0.05) is 12.1 Å². The maximum atomic E-state index is 13.6. The molecule has 0 unspecified atom stereocenters. The van der Waals surface area contributed by atoms with Crippen LogP contribution in [0.3, 0.4) is 0 Å². The number of anilines is 1. The molecular formula is C23H26FN5O2. The molecule has 2 saturated heterocycles. The molecule has 7 nitrogen and oxygen atoms in total. The van der Waals surface area contributed by atoms with E-state index in [1.807, 2.05) is 17.0 Å². The molecule has 162 valence electrons. The van der Waals surface area contributed by atoms with E-state index in [4.69, 9.17) is 5.26 Å². The Labute approximate surface area is 181 Å². The lowest BCUT2D eigenvalue weighted by atomic mass is 9.89. The Kier molecular flexibility index (Phi) is 6.98. The average molecular weight is 423 g/mol. The molecule has 2 aliphatic heterocycles. The van der Waals surface area contributed by atoms with Crippen molar-refractivity contribution in [1.82, 2.24) is 14.9 Å². The molecule has 2 aromatic rings. The SMILES string of the molecule is C=C.N#Cc1cc(N2CCC(O)(C(=O)N3CCC[C@H]3c3cccc(F)c3)CC2)ncn1. The van der Waals surface area contributed by atoms with Crippen LogP contribution in [0.25, 0.3) is 0 Å². The predicted molar refractivity (Wildman–Crippen MR) is 114 cm³/mol. The minimum absolute atomic E-state index is 0.208. The van der Waals surface area contributed by atoms with Gasteiger partial charge in [0.2, 0.25) is 0 Å². The average Bonchev–Trinajstić information content (AvgIpc) is 3.30. The number of amides is 1. The summed E-state index contributed by atoms with van der Waals surface area (Å²) in [6, 6.07) is 9.71. The van der Waals surface area contributed by atoms with Crippen LogP contribution in [0.5, 0.6) is 0 Å². The van der Waals surface area contributed by atoms with Crippen LogP contribution in [0.1, 0.15) is 43.0 Å². The molecule has 1 atom stereocenters. The van der Waals surface area contributed by atoms with Gasteiger partial charge in [-0.15, -0.1) is 13.2 Å². The van der Waals surface area contributed by atoms with E-state index in [1.165, 1.54) is 18.5 Å². The van der Waals surface area contributed by atoms with E-state index in [-0.39, 0.29) is 36.3 Å². The summed E-state index contributed by atoms with van der Waals surface area (Å²) in [6.45, 7) is 7.45. The normalized spacial score (nSPS) is 19.8. The number of hydrogen-bond acceptors (Lipinski definition) is 6. The first-order valence-electron chi connectivity index (χ1n) is 10.3. The second-order valence-corrected chi connectivity index (χ2v) is 7.60. The Morgan fingerprint density at radius 3 is 2.65 bits per heavy atom. The van der Waals surface area contributed by atoms with Gasteiger partial charge in [-0.2, -0.15) is 5.26 Å². The molecule has 1 aromatic carbocycles. The number of piperidine rings is 1. The molecule has 0 saturated carbocycles. The fraction of sp³-hybridized carbons (Fsp3) is 0.391. The minimum atomic E-state index is -1.45. The van der Waals surface area contributed by atoms with Crippen molar-refractivity contribution >= 4 is 11.7 Å². The van der Waals surface area contributed by atoms with Crippen molar-refractivity contribution in [2.45, 2.75) is 37.3 Å². The lowest BCUT2D eigenvalue weighted by molar-refractivity contribution is -0.154. The molecule has 1 amide bonds. The zero-order chi connectivity index (χ0) is 22.4. The van der Waals surface area contributed by atoms with E-state index < -0.39 is 5.60 Å². The first-order valence-corrected chi connectivity index (χ1v) is 10.3. The molecule has 0 radical (unpaired) electrons. The highest BCUT2D eigenvalue weighted by Crippen LogP contribution is 2.36. The van der Waals surface area contributed by atoms with Crippen molar-refractivity contribution in [2.75, 3.05) is 24.5 Å². The predicted octanol–water partition coefficient (Wildman–Crippen LogP) is 2.98. The molecule has 3 heterocycles. The zero-order valence-corrected chi connectivity index (χ0v) is 17.4. The van der Waals surface area contributed by atoms with Crippen LogP contribution in [-0.4, -0.2) is 51.1 Å². The summed E-state index contributed by atoms with van der Waals surface area (Å²) in [4.78, 5) is 24.9. The summed E-state index contributed by atoms with van der Waals surface area (Å²) >= 11 is 0. The van der Waals surface area contributed by atoms with Crippen LogP contribution in [0.2, 0.25) is 0 Å². The Hall–Kier alpha value is -3.31. The molecule has 0 spiro atoms. The van der Waals surface area contributed by atoms with Gasteiger partial charge in [-0.25, -0.2) is 14.4 Å². The van der Waals surface area contributed by atoms with Gasteiger partial charge in [0.15, 0.2) is 0 Å². The maximum absolute atomic E-state index is 13.6. The van der Waals surface area contributed by atoms with Gasteiger partial charge in [0.1, 0.15) is 35.3 Å². The zero-order valence-electron chi connectivity index (χ0n) is 17.4. The van der Waals surface area contributed by atoms with Gasteiger partial charge in [-0.3, -0.25) is 4.79 Å². The largest absolute Gasteiger partial charge is 0.380 e. The number of nitrogens with zero attached hydrogens (tertiary/aromatic N) is 5. The van der Waals surface area contributed by atoms with Crippen LogP contribution >= 0.6 is 0 Å². The third kappa shape index (κ3) is 4.72. The van der Waals surface area contributed by atoms with Crippen molar-refractivity contribution in [3.8, 4) is 6.07 Å². The number of benzene rings is 1. The molecule has 0 bridgehead atoms. The molecule has 8 heteroatoms. The van der Waals surface area contributed by atoms with Crippen LogP contribution in [-0.2, 0) is 4.79 Å². The first-order chi connectivity index (χ1) is 15.0. The van der Waals surface area contributed by atoms with Gasteiger partial charge in [0, 0.05) is 38.5 Å². The van der Waals surface area contributed by atoms with Gasteiger partial charge in [-0.05, 0) is 30.5 Å². The number of aromatic nitrogens is 2. The molecule has 2 fully saturated rings. The Morgan fingerprint density at radius 2 is 1.97 bits per heavy atom. The number of halogens is 1. The molecule has 0 aliphatic carbocycles. The Morgan fingerprint density at radius 1 is 1.23 bits per heavy atom. The van der Waals surface area contributed by atoms with Gasteiger partial charge in [0.25, 0.3) is 5.91 Å². The maximum Gasteiger partial charge on any atom is 0.255 e. The van der Waals surface area contributed by atoms with E-state index in [0.29, 0.717) is 25.5 Å². The molecule has 31 heavy (non-hydrogen) atoms. The summed E-state index contributed by atoms with van der Waals surface area (Å²) in [7, 11) is 0. The highest BCUT2D eigenvalue weighted by Gasteiger charge is 2.45. The lowest BCUT2D eigenvalue weighted by Crippen LogP contribution is -2.55. The molecule has 2 aliphatic rings. The van der Waals surface area contributed by atoms with Gasteiger partial charge < -0.3 is 14.9 Å². The standard InChI is InChI=1S/C21H22FN5O2.C2H4/c22-16-4-1-3-15(11-16)18-5-2-8-27(18)20(28)21(29)6-9-26(10-7-21)19-12-17(13-23)24-14-25-19;1-2/h1,3-4,11-12,14,18,29H,2,5-10H2;1-2H2/t18-;/m0./s1. The van der Waals surface area contributed by atoms with Crippen LogP contribution < -0.4 is 4.90 Å². The third-order valence-corrected chi connectivity index (χ3v) is 5.83. The summed E-state index contributed by atoms with van der Waals surface area (Å²) in [5.41, 5.74) is -0.402. The number of nitriles is 1. The van der Waals surface area contributed by atoms with Crippen LogP contribution in [0.15, 0.2) is 49.8 Å². The van der Waals surface area contributed by atoms with E-state index in [2.05, 4.69) is 23.1 Å². The summed E-state index contributed by atoms with van der Waals surface area (Å²) in [5, 5.41) is 20.1. The summed E-state index contributed by atoms with van der Waals surface area (Å²) in [6.07, 6.45) is 3.46. The molecule has 4 rings (SSSR count). The number of aliphatic hydroxyl groups is 1. The number of hydrogen-bond donors (Lipinski definition) is 1. The quantitative estimate of drug-likeness (QED) is 0.763. The third-order valence-electron chi connectivity index (χ3n) is 5.83. The van der Waals surface area contributed by atoms with E-state index in [9.17, 15) is 14.3 Å². The van der Waals surface area contributed by atoms with Crippen molar-refractivity contribution in [1.29, 1.82) is 5.26 Å². The van der Waals surface area contributed by atoms with Crippen LogP contribution in [0, 0.1) is 17.1 Å². The fourth-order valence-electron chi connectivity index (χ4n) is 4.24. The highest BCUT2D eigenvalue weighted by molar-refractivity contribution is 5.86. The second kappa shape index (κ2) is 9.67. The lowest BCUT2D eigenvalue weighted by Gasteiger charge is -2.40. The second-order valence-electron chi connectivity index (χ2n) is 7.60. The Balaban J connectivity index is 0.00000132. The Bertz CT molecular complexity index is 968. The number of rotatable bonds is 3. The van der Waals surface area contributed by atoms with Crippen LogP contribution in [0.4, 0.5) is 10.2 Å². The monoisotopic (exact) mass is 423 g/mol. The molecular weight excluding hydrogens is 397 g/mol. The van der Waals surface area contributed by atoms with Crippen molar-refractivity contribution < 1.29 is 14.3 Å². The first kappa shape index (κ1) is 22.4. The van der Waals surface area contributed by atoms with Gasteiger partial charge in [0.05, 0.1) is 6.04 Å². The number of likely N-dealkylation sites (tertiary alicyclic amines) is 1. The van der Waals surface area contributed by atoms with E-state index in [1.54, 1.807) is 17.0 Å². The topological polar surface area (TPSA) is 93.4 Å². The molecule has 1 aromatic heterocycles. The number of carbonyl (C=O) groups is 1. The number of carbonyl (C=O) groups excluding carboxylic acids is 1. The minimum Gasteiger partial charge on any atom is -0.380 e. The smallest absolute Gasteiger partial charge is 0.255 e. The molecule has 1 N–H and O–H groups in total. The summed E-state index contributed by atoms with van der Waals surface area (Å²) < 4.78 is 13.6. The van der Waals surface area contributed by atoms with E-state index >= 15 is 0 Å².